The Labute approximate surface area is 110 Å². The average molecular weight is 271 g/mol. The number of amides is 1. The minimum absolute atomic E-state index is 0.0672. The molecule has 0 saturated heterocycles. The lowest BCUT2D eigenvalue weighted by atomic mass is 10.2. The molecule has 0 bridgehead atoms. The van der Waals surface area contributed by atoms with Gasteiger partial charge in [0.05, 0.1) is 10.7 Å². The van der Waals surface area contributed by atoms with Crippen LogP contribution in [0.4, 0.5) is 5.69 Å². The highest BCUT2D eigenvalue weighted by atomic mass is 35.5. The molecular formula is C12H15ClN2O3. The van der Waals surface area contributed by atoms with Gasteiger partial charge in [-0.3, -0.25) is 4.79 Å². The van der Waals surface area contributed by atoms with Crippen LogP contribution in [-0.4, -0.2) is 29.6 Å². The number of carboxylic acid groups (broad SMARTS) is 1. The third kappa shape index (κ3) is 4.25. The first-order valence-electron chi connectivity index (χ1n) is 5.40. The molecule has 3 N–H and O–H groups in total. The number of aliphatic carboxylic acids is 1. The average Bonchev–Trinajstić information content (AvgIpc) is 2.25. The first kappa shape index (κ1) is 14.3. The second kappa shape index (κ2) is 6.26. The molecule has 0 heterocycles. The summed E-state index contributed by atoms with van der Waals surface area (Å²) in [5, 5.41) is 14.7. The number of hydrogen-bond acceptors (Lipinski definition) is 3. The van der Waals surface area contributed by atoms with Crippen molar-refractivity contribution in [2.45, 2.75) is 19.9 Å². The Hall–Kier alpha value is -1.75. The van der Waals surface area contributed by atoms with Crippen LogP contribution in [0.5, 0.6) is 0 Å². The zero-order chi connectivity index (χ0) is 13.7. The molecule has 1 amide bonds. The summed E-state index contributed by atoms with van der Waals surface area (Å²) in [5.74, 6) is -1.49. The Kier molecular flexibility index (Phi) is 4.97. The fourth-order valence-electron chi connectivity index (χ4n) is 1.42. The zero-order valence-electron chi connectivity index (χ0n) is 10.2. The molecule has 0 aliphatic heterocycles. The van der Waals surface area contributed by atoms with E-state index in [1.54, 1.807) is 12.1 Å². The summed E-state index contributed by atoms with van der Waals surface area (Å²) in [6.45, 7) is 3.25. The van der Waals surface area contributed by atoms with Gasteiger partial charge in [0, 0.05) is 13.5 Å². The van der Waals surface area contributed by atoms with Crippen LogP contribution in [0.25, 0.3) is 0 Å². The summed E-state index contributed by atoms with van der Waals surface area (Å²) >= 11 is 6.00. The van der Waals surface area contributed by atoms with E-state index in [4.69, 9.17) is 16.7 Å². The summed E-state index contributed by atoms with van der Waals surface area (Å²) in [5.41, 5.74) is 1.65. The van der Waals surface area contributed by atoms with Gasteiger partial charge in [-0.15, -0.1) is 0 Å². The Balaban J connectivity index is 2.66. The molecular weight excluding hydrogens is 256 g/mol. The van der Waals surface area contributed by atoms with Gasteiger partial charge in [0.2, 0.25) is 5.91 Å². The van der Waals surface area contributed by atoms with Crippen LogP contribution in [-0.2, 0) is 9.59 Å². The van der Waals surface area contributed by atoms with Gasteiger partial charge in [0.25, 0.3) is 0 Å². The Morgan fingerprint density at radius 2 is 2.11 bits per heavy atom. The predicted octanol–water partition coefficient (Wildman–Crippen LogP) is 1.65. The molecule has 1 atom stereocenters. The van der Waals surface area contributed by atoms with E-state index in [2.05, 4.69) is 10.6 Å². The van der Waals surface area contributed by atoms with Crippen molar-refractivity contribution >= 4 is 29.2 Å². The van der Waals surface area contributed by atoms with E-state index in [0.29, 0.717) is 10.7 Å². The fourth-order valence-corrected chi connectivity index (χ4v) is 1.72. The van der Waals surface area contributed by atoms with Gasteiger partial charge < -0.3 is 15.7 Å². The summed E-state index contributed by atoms with van der Waals surface area (Å²) in [4.78, 5) is 21.8. The molecule has 0 fully saturated rings. The van der Waals surface area contributed by atoms with E-state index in [-0.39, 0.29) is 12.5 Å². The quantitative estimate of drug-likeness (QED) is 0.760. The maximum Gasteiger partial charge on any atom is 0.328 e. The number of aryl methyl sites for hydroxylation is 1. The van der Waals surface area contributed by atoms with E-state index in [1.807, 2.05) is 13.0 Å². The number of halogens is 1. The van der Waals surface area contributed by atoms with Crippen molar-refractivity contribution in [1.82, 2.24) is 5.32 Å². The topological polar surface area (TPSA) is 78.4 Å². The molecule has 0 radical (unpaired) electrons. The van der Waals surface area contributed by atoms with E-state index in [9.17, 15) is 9.59 Å². The van der Waals surface area contributed by atoms with Crippen LogP contribution in [0.3, 0.4) is 0 Å². The van der Waals surface area contributed by atoms with E-state index in [0.717, 1.165) is 5.56 Å². The number of nitrogens with one attached hydrogen (secondary N) is 2. The zero-order valence-corrected chi connectivity index (χ0v) is 10.9. The summed E-state index contributed by atoms with van der Waals surface area (Å²) < 4.78 is 0. The number of hydrogen-bond donors (Lipinski definition) is 3. The van der Waals surface area contributed by atoms with Gasteiger partial charge in [0.15, 0.2) is 0 Å². The fraction of sp³-hybridized carbons (Fsp3) is 0.333. The summed E-state index contributed by atoms with van der Waals surface area (Å²) in [6.07, 6.45) is 0. The van der Waals surface area contributed by atoms with Crippen molar-refractivity contribution in [1.29, 1.82) is 0 Å². The summed E-state index contributed by atoms with van der Waals surface area (Å²) in [7, 11) is 0. The van der Waals surface area contributed by atoms with Crippen molar-refractivity contribution < 1.29 is 14.7 Å². The highest BCUT2D eigenvalue weighted by Gasteiger charge is 2.18. The molecule has 1 aromatic rings. The molecule has 0 aromatic heterocycles. The minimum Gasteiger partial charge on any atom is -0.480 e. The highest BCUT2D eigenvalue weighted by molar-refractivity contribution is 6.33. The van der Waals surface area contributed by atoms with Crippen molar-refractivity contribution in [3.05, 3.63) is 28.8 Å². The third-order valence-corrected chi connectivity index (χ3v) is 2.61. The molecule has 0 spiro atoms. The number of anilines is 1. The lowest BCUT2D eigenvalue weighted by molar-refractivity contribution is -0.141. The molecule has 6 heteroatoms. The number of carboxylic acids is 1. The summed E-state index contributed by atoms with van der Waals surface area (Å²) in [6, 6.07) is 4.42. The molecule has 5 nitrogen and oxygen atoms in total. The third-order valence-electron chi connectivity index (χ3n) is 2.30. The number of carbonyl (C=O) groups is 2. The molecule has 18 heavy (non-hydrogen) atoms. The van der Waals surface area contributed by atoms with E-state index in [1.165, 1.54) is 6.92 Å². The minimum atomic E-state index is -1.10. The predicted molar refractivity (Wildman–Crippen MR) is 69.9 cm³/mol. The Morgan fingerprint density at radius 3 is 2.61 bits per heavy atom. The molecule has 98 valence electrons. The van der Waals surface area contributed by atoms with Crippen molar-refractivity contribution in [3.63, 3.8) is 0 Å². The molecule has 1 aromatic carbocycles. The normalized spacial score (nSPS) is 11.7. The van der Waals surface area contributed by atoms with Crippen LogP contribution in [0.1, 0.15) is 12.5 Å². The molecule has 1 unspecified atom stereocenters. The monoisotopic (exact) mass is 270 g/mol. The van der Waals surface area contributed by atoms with Crippen LogP contribution in [0.15, 0.2) is 18.2 Å². The van der Waals surface area contributed by atoms with E-state index >= 15 is 0 Å². The number of benzene rings is 1. The second-order valence-electron chi connectivity index (χ2n) is 3.96. The van der Waals surface area contributed by atoms with Crippen LogP contribution >= 0.6 is 11.6 Å². The van der Waals surface area contributed by atoms with Gasteiger partial charge in [-0.25, -0.2) is 4.79 Å². The van der Waals surface area contributed by atoms with Gasteiger partial charge in [-0.05, 0) is 24.6 Å². The molecule has 0 aliphatic rings. The highest BCUT2D eigenvalue weighted by Crippen LogP contribution is 2.22. The van der Waals surface area contributed by atoms with Crippen molar-refractivity contribution in [3.8, 4) is 0 Å². The standard InChI is InChI=1S/C12H15ClN2O3/c1-7-3-4-10(9(13)5-7)14-6-11(12(17)18)15-8(2)16/h3-5,11,14H,6H2,1-2H3,(H,15,16)(H,17,18). The number of carbonyl (C=O) groups excluding carboxylic acids is 1. The lowest BCUT2D eigenvalue weighted by Crippen LogP contribution is -2.44. The Morgan fingerprint density at radius 1 is 1.44 bits per heavy atom. The van der Waals surface area contributed by atoms with Crippen molar-refractivity contribution in [2.75, 3.05) is 11.9 Å². The Bertz CT molecular complexity index is 463. The lowest BCUT2D eigenvalue weighted by Gasteiger charge is -2.15. The molecule has 0 saturated carbocycles. The van der Waals surface area contributed by atoms with Crippen molar-refractivity contribution in [2.24, 2.45) is 0 Å². The van der Waals surface area contributed by atoms with Crippen LogP contribution in [0, 0.1) is 6.92 Å². The maximum atomic E-state index is 10.9. The molecule has 1 rings (SSSR count). The van der Waals surface area contributed by atoms with Crippen LogP contribution in [0.2, 0.25) is 5.02 Å². The van der Waals surface area contributed by atoms with Crippen LogP contribution < -0.4 is 10.6 Å². The largest absolute Gasteiger partial charge is 0.480 e. The number of rotatable bonds is 5. The maximum absolute atomic E-state index is 10.9. The first-order valence-corrected chi connectivity index (χ1v) is 5.78. The van der Waals surface area contributed by atoms with Gasteiger partial charge in [-0.2, -0.15) is 0 Å². The van der Waals surface area contributed by atoms with Gasteiger partial charge in [-0.1, -0.05) is 17.7 Å². The first-order chi connectivity index (χ1) is 8.40. The smallest absolute Gasteiger partial charge is 0.328 e. The van der Waals surface area contributed by atoms with Gasteiger partial charge in [0.1, 0.15) is 6.04 Å². The molecule has 0 aliphatic carbocycles. The van der Waals surface area contributed by atoms with Gasteiger partial charge >= 0.3 is 5.97 Å². The SMILES string of the molecule is CC(=O)NC(CNc1ccc(C)cc1Cl)C(=O)O. The second-order valence-corrected chi connectivity index (χ2v) is 4.36. The van der Waals surface area contributed by atoms with E-state index < -0.39 is 12.0 Å².